The first-order valence-corrected chi connectivity index (χ1v) is 25.0. The average molecular weight is 905 g/mol. The van der Waals surface area contributed by atoms with Crippen molar-refractivity contribution in [2.45, 2.75) is 112 Å². The fraction of sp³-hybridized carbons (Fsp3) is 0.464. The lowest BCUT2D eigenvalue weighted by molar-refractivity contribution is 0.136. The summed E-state index contributed by atoms with van der Waals surface area (Å²) in [4.78, 5) is 5.73. The van der Waals surface area contributed by atoms with Crippen LogP contribution in [0, 0.1) is 46.8 Å². The van der Waals surface area contributed by atoms with Crippen LogP contribution in [0.3, 0.4) is 0 Å². The summed E-state index contributed by atoms with van der Waals surface area (Å²) in [5.41, 5.74) is 10.9. The maximum absolute atomic E-state index is 6.93. The summed E-state index contributed by atoms with van der Waals surface area (Å²) >= 11 is 2.70. The van der Waals surface area contributed by atoms with Gasteiger partial charge in [0.05, 0.1) is 22.1 Å². The second-order valence-corrected chi connectivity index (χ2v) is 21.4. The van der Waals surface area contributed by atoms with Crippen molar-refractivity contribution in [2.24, 2.45) is 46.8 Å². The third-order valence-electron chi connectivity index (χ3n) is 17.0. The third-order valence-corrected chi connectivity index (χ3v) is 18.1. The molecule has 308 valence electrons. The lowest BCUT2D eigenvalue weighted by Crippen LogP contribution is -2.45. The van der Waals surface area contributed by atoms with E-state index in [1.165, 1.54) is 66.8 Å². The molecule has 60 heavy (non-hydrogen) atoms. The van der Waals surface area contributed by atoms with Gasteiger partial charge in [0, 0.05) is 52.4 Å². The second-order valence-electron chi connectivity index (χ2n) is 19.9. The SMILES string of the molecule is CC1C=CC2=C(C1)OC1CC(N(C3=CCC4C5C=CC=CC5C(C5=CC=CCC5)(C5=CCCCC5)C4C3)C3C=CC4C(C3)C3C=CC=CC3N4C3=CC=CCC3I)=CC=C21. The van der Waals surface area contributed by atoms with Gasteiger partial charge in [0.1, 0.15) is 11.9 Å². The molecule has 0 aromatic carbocycles. The van der Waals surface area contributed by atoms with Crippen molar-refractivity contribution >= 4 is 22.6 Å². The normalized spacial score (nSPS) is 41.5. The lowest BCUT2D eigenvalue weighted by atomic mass is 9.56. The zero-order chi connectivity index (χ0) is 40.0. The van der Waals surface area contributed by atoms with Crippen LogP contribution in [0.5, 0.6) is 0 Å². The van der Waals surface area contributed by atoms with E-state index in [2.05, 4.69) is 173 Å². The molecule has 2 heterocycles. The summed E-state index contributed by atoms with van der Waals surface area (Å²) in [6.45, 7) is 2.32. The van der Waals surface area contributed by atoms with E-state index < -0.39 is 0 Å². The first-order valence-electron chi connectivity index (χ1n) is 23.8. The standard InChI is InChI=1S/C56H61IN2O/c1-36-24-28-45-46-30-26-41(35-55(46)60-54(45)32-36)58(39-27-31-52-47(33-39)44-19-9-12-22-51(44)59(52)53-23-13-11-21-50(53)57)40-25-29-43-42-18-8-10-20-48(42)56(49(43)34-40,37-14-4-2-5-15-37)38-16-6-3-7-17-38/h2,4,8-14,16,18-20,22-28,30-31,36,39,42-44,47-52,55H,3,5-7,15,17,21,29,32-35H2,1H3. The van der Waals surface area contributed by atoms with Gasteiger partial charge in [-0.1, -0.05) is 162 Å². The molecular formula is C56H61IN2O. The summed E-state index contributed by atoms with van der Waals surface area (Å²) in [6.07, 6.45) is 68.8. The summed E-state index contributed by atoms with van der Waals surface area (Å²) in [6, 6.07) is 1.13. The molecule has 0 spiro atoms. The van der Waals surface area contributed by atoms with Crippen molar-refractivity contribution in [3.8, 4) is 0 Å². The van der Waals surface area contributed by atoms with Crippen LogP contribution in [-0.4, -0.2) is 38.0 Å². The van der Waals surface area contributed by atoms with Gasteiger partial charge >= 0.3 is 0 Å². The molecule has 3 nitrogen and oxygen atoms in total. The Morgan fingerprint density at radius 2 is 1.60 bits per heavy atom. The second kappa shape index (κ2) is 15.2. The van der Waals surface area contributed by atoms with Crippen LogP contribution in [0.25, 0.3) is 0 Å². The maximum atomic E-state index is 6.93. The molecule has 1 saturated carbocycles. The van der Waals surface area contributed by atoms with Crippen LogP contribution in [0.2, 0.25) is 0 Å². The highest BCUT2D eigenvalue weighted by molar-refractivity contribution is 14.1. The number of allylic oxidation sites excluding steroid dienone is 23. The Bertz CT molecular complexity index is 2290. The molecule has 0 radical (unpaired) electrons. The van der Waals surface area contributed by atoms with E-state index in [0.717, 1.165) is 38.5 Å². The van der Waals surface area contributed by atoms with Gasteiger partial charge in [-0.05, 0) is 112 Å². The first kappa shape index (κ1) is 37.9. The largest absolute Gasteiger partial charge is 0.489 e. The number of halogens is 1. The van der Waals surface area contributed by atoms with Crippen LogP contribution in [-0.2, 0) is 4.74 Å². The van der Waals surface area contributed by atoms with Crippen molar-refractivity contribution in [1.82, 2.24) is 9.80 Å². The van der Waals surface area contributed by atoms with Gasteiger partial charge in [-0.2, -0.15) is 0 Å². The number of fused-ring (bicyclic) bond motifs is 8. The number of rotatable bonds is 6. The van der Waals surface area contributed by atoms with Crippen molar-refractivity contribution < 1.29 is 4.74 Å². The van der Waals surface area contributed by atoms with Gasteiger partial charge in [0.2, 0.25) is 0 Å². The minimum absolute atomic E-state index is 0.0889. The Kier molecular flexibility index (Phi) is 9.64. The van der Waals surface area contributed by atoms with Crippen molar-refractivity contribution in [2.75, 3.05) is 0 Å². The van der Waals surface area contributed by atoms with Gasteiger partial charge in [-0.3, -0.25) is 0 Å². The summed E-state index contributed by atoms with van der Waals surface area (Å²) in [5.74, 6) is 5.17. The van der Waals surface area contributed by atoms with E-state index in [4.69, 9.17) is 4.74 Å². The Morgan fingerprint density at radius 3 is 2.47 bits per heavy atom. The zero-order valence-electron chi connectivity index (χ0n) is 35.3. The molecule has 13 unspecified atom stereocenters. The molecule has 2 aliphatic heterocycles. The van der Waals surface area contributed by atoms with Gasteiger partial charge in [0.25, 0.3) is 0 Å². The number of ether oxygens (including phenoxy) is 1. The molecule has 0 amide bonds. The molecular weight excluding hydrogens is 844 g/mol. The third kappa shape index (κ3) is 5.91. The fourth-order valence-electron chi connectivity index (χ4n) is 14.6. The quantitative estimate of drug-likeness (QED) is 0.150. The number of alkyl halides is 1. The van der Waals surface area contributed by atoms with Crippen molar-refractivity contribution in [3.63, 3.8) is 0 Å². The predicted molar refractivity (Wildman–Crippen MR) is 254 cm³/mol. The van der Waals surface area contributed by atoms with Crippen LogP contribution in [0.1, 0.15) is 84.0 Å². The van der Waals surface area contributed by atoms with Crippen LogP contribution < -0.4 is 0 Å². The predicted octanol–water partition coefficient (Wildman–Crippen LogP) is 13.2. The number of nitrogens with zero attached hydrogens (tertiary/aromatic N) is 2. The minimum Gasteiger partial charge on any atom is -0.489 e. The maximum Gasteiger partial charge on any atom is 0.129 e. The van der Waals surface area contributed by atoms with E-state index in [1.54, 1.807) is 16.8 Å². The molecule has 2 fully saturated rings. The molecule has 4 heteroatoms. The van der Waals surface area contributed by atoms with E-state index in [0.29, 0.717) is 63.5 Å². The van der Waals surface area contributed by atoms with Crippen LogP contribution in [0.15, 0.2) is 179 Å². The molecule has 12 aliphatic rings. The highest BCUT2D eigenvalue weighted by Gasteiger charge is 2.62. The Morgan fingerprint density at radius 1 is 0.717 bits per heavy atom. The summed E-state index contributed by atoms with van der Waals surface area (Å²) < 4.78 is 7.45. The highest BCUT2D eigenvalue weighted by atomic mass is 127. The molecule has 0 aromatic rings. The number of hydrogen-bond acceptors (Lipinski definition) is 3. The van der Waals surface area contributed by atoms with E-state index in [9.17, 15) is 0 Å². The smallest absolute Gasteiger partial charge is 0.129 e. The van der Waals surface area contributed by atoms with E-state index in [-0.39, 0.29) is 11.5 Å². The molecule has 0 N–H and O–H groups in total. The average Bonchev–Trinajstić information content (AvgIpc) is 3.92. The van der Waals surface area contributed by atoms with E-state index >= 15 is 0 Å². The van der Waals surface area contributed by atoms with Crippen molar-refractivity contribution in [1.29, 1.82) is 0 Å². The van der Waals surface area contributed by atoms with Crippen LogP contribution >= 0.6 is 22.6 Å². The van der Waals surface area contributed by atoms with Gasteiger partial charge in [-0.15, -0.1) is 0 Å². The zero-order valence-corrected chi connectivity index (χ0v) is 37.5. The summed E-state index contributed by atoms with van der Waals surface area (Å²) in [5, 5.41) is 0. The Balaban J connectivity index is 0.959. The number of hydrogen-bond donors (Lipinski definition) is 0. The molecule has 10 aliphatic carbocycles. The molecule has 0 bridgehead atoms. The monoisotopic (exact) mass is 904 g/mol. The highest BCUT2D eigenvalue weighted by Crippen LogP contribution is 2.69. The van der Waals surface area contributed by atoms with Gasteiger partial charge in [-0.25, -0.2) is 0 Å². The number of likely N-dealkylation sites (tertiary alicyclic amines) is 1. The minimum atomic E-state index is 0.0889. The first-order chi connectivity index (χ1) is 29.6. The molecule has 1 saturated heterocycles. The Hall–Kier alpha value is -3.77. The lowest BCUT2D eigenvalue weighted by Gasteiger charge is -2.50. The summed E-state index contributed by atoms with van der Waals surface area (Å²) in [7, 11) is 0. The molecule has 0 aromatic heterocycles. The molecule has 13 atom stereocenters. The topological polar surface area (TPSA) is 15.7 Å². The van der Waals surface area contributed by atoms with Gasteiger partial charge < -0.3 is 14.5 Å². The van der Waals surface area contributed by atoms with Crippen LogP contribution in [0.4, 0.5) is 0 Å². The Labute approximate surface area is 372 Å². The van der Waals surface area contributed by atoms with Gasteiger partial charge in [0.15, 0.2) is 0 Å². The van der Waals surface area contributed by atoms with E-state index in [1.807, 2.05) is 0 Å². The fourth-order valence-corrected chi connectivity index (χ4v) is 15.5. The molecule has 12 rings (SSSR count). The van der Waals surface area contributed by atoms with Crippen molar-refractivity contribution in [3.05, 3.63) is 179 Å².